The second kappa shape index (κ2) is 6.71. The second-order valence-electron chi connectivity index (χ2n) is 6.45. The SMILES string of the molecule is NCCc1ccc2c(c1)c1cc(CCN)ccc1n2-c1ccccc1. The maximum atomic E-state index is 5.76. The zero-order valence-electron chi connectivity index (χ0n) is 14.3. The molecular formula is C22H23N3. The molecule has 25 heavy (non-hydrogen) atoms. The van der Waals surface area contributed by atoms with Crippen molar-refractivity contribution in [2.24, 2.45) is 11.5 Å². The van der Waals surface area contributed by atoms with Gasteiger partial charge in [0.1, 0.15) is 0 Å². The lowest BCUT2D eigenvalue weighted by atomic mass is 10.0. The van der Waals surface area contributed by atoms with Gasteiger partial charge in [-0.25, -0.2) is 0 Å². The van der Waals surface area contributed by atoms with Crippen molar-refractivity contribution in [2.75, 3.05) is 13.1 Å². The van der Waals surface area contributed by atoms with Crippen LogP contribution in [0.25, 0.3) is 27.5 Å². The van der Waals surface area contributed by atoms with Crippen molar-refractivity contribution in [1.29, 1.82) is 0 Å². The van der Waals surface area contributed by atoms with Gasteiger partial charge in [-0.15, -0.1) is 0 Å². The average molecular weight is 329 g/mol. The van der Waals surface area contributed by atoms with Crippen LogP contribution in [-0.2, 0) is 12.8 Å². The Morgan fingerprint density at radius 3 is 1.64 bits per heavy atom. The summed E-state index contributed by atoms with van der Waals surface area (Å²) in [6.07, 6.45) is 1.80. The van der Waals surface area contributed by atoms with Crippen molar-refractivity contribution < 1.29 is 0 Å². The monoisotopic (exact) mass is 329 g/mol. The highest BCUT2D eigenvalue weighted by Crippen LogP contribution is 2.33. The molecule has 0 amide bonds. The van der Waals surface area contributed by atoms with E-state index in [0.29, 0.717) is 13.1 Å². The molecule has 0 saturated heterocycles. The van der Waals surface area contributed by atoms with E-state index >= 15 is 0 Å². The van der Waals surface area contributed by atoms with Crippen LogP contribution in [0.3, 0.4) is 0 Å². The van der Waals surface area contributed by atoms with Crippen LogP contribution in [0.5, 0.6) is 0 Å². The molecule has 0 radical (unpaired) electrons. The summed E-state index contributed by atoms with van der Waals surface area (Å²) in [5.74, 6) is 0. The van der Waals surface area contributed by atoms with Gasteiger partial charge in [-0.1, -0.05) is 30.3 Å². The Labute approximate surface area is 147 Å². The number of nitrogens with two attached hydrogens (primary N) is 2. The predicted molar refractivity (Wildman–Crippen MR) is 106 cm³/mol. The van der Waals surface area contributed by atoms with Crippen molar-refractivity contribution >= 4 is 21.8 Å². The molecule has 0 unspecified atom stereocenters. The van der Waals surface area contributed by atoms with Crippen LogP contribution >= 0.6 is 0 Å². The fourth-order valence-corrected chi connectivity index (χ4v) is 3.62. The van der Waals surface area contributed by atoms with Crippen LogP contribution in [0.2, 0.25) is 0 Å². The Balaban J connectivity index is 2.05. The van der Waals surface area contributed by atoms with E-state index in [1.54, 1.807) is 0 Å². The van der Waals surface area contributed by atoms with E-state index in [2.05, 4.69) is 71.3 Å². The number of nitrogens with zero attached hydrogens (tertiary/aromatic N) is 1. The van der Waals surface area contributed by atoms with Crippen molar-refractivity contribution in [3.8, 4) is 5.69 Å². The third-order valence-corrected chi connectivity index (χ3v) is 4.77. The molecule has 0 saturated carbocycles. The van der Waals surface area contributed by atoms with Crippen LogP contribution in [0.4, 0.5) is 0 Å². The summed E-state index contributed by atoms with van der Waals surface area (Å²) in [6.45, 7) is 1.34. The molecule has 3 aromatic carbocycles. The summed E-state index contributed by atoms with van der Waals surface area (Å²) in [4.78, 5) is 0. The Bertz CT molecular complexity index is 952. The highest BCUT2D eigenvalue weighted by atomic mass is 15.0. The molecule has 4 rings (SSSR count). The molecule has 126 valence electrons. The van der Waals surface area contributed by atoms with Crippen molar-refractivity contribution in [1.82, 2.24) is 4.57 Å². The normalized spacial score (nSPS) is 11.4. The molecule has 0 spiro atoms. The van der Waals surface area contributed by atoms with E-state index in [4.69, 9.17) is 11.5 Å². The number of fused-ring (bicyclic) bond motifs is 3. The van der Waals surface area contributed by atoms with Gasteiger partial charge in [0.15, 0.2) is 0 Å². The molecule has 1 heterocycles. The summed E-state index contributed by atoms with van der Waals surface area (Å²) in [6, 6.07) is 23.9. The van der Waals surface area contributed by atoms with Gasteiger partial charge in [0.2, 0.25) is 0 Å². The van der Waals surface area contributed by atoms with Gasteiger partial charge in [0.05, 0.1) is 11.0 Å². The number of rotatable bonds is 5. The Morgan fingerprint density at radius 1 is 0.640 bits per heavy atom. The van der Waals surface area contributed by atoms with Crippen molar-refractivity contribution in [3.63, 3.8) is 0 Å². The lowest BCUT2D eigenvalue weighted by Crippen LogP contribution is -2.02. The molecule has 0 atom stereocenters. The van der Waals surface area contributed by atoms with Gasteiger partial charge in [-0.2, -0.15) is 0 Å². The summed E-state index contributed by atoms with van der Waals surface area (Å²) in [5.41, 5.74) is 17.7. The maximum Gasteiger partial charge on any atom is 0.0541 e. The molecule has 1 aromatic heterocycles. The smallest absolute Gasteiger partial charge is 0.0541 e. The van der Waals surface area contributed by atoms with Gasteiger partial charge < -0.3 is 16.0 Å². The first-order chi connectivity index (χ1) is 12.3. The van der Waals surface area contributed by atoms with Crippen molar-refractivity contribution in [3.05, 3.63) is 77.9 Å². The van der Waals surface area contributed by atoms with Crippen LogP contribution in [0.1, 0.15) is 11.1 Å². The van der Waals surface area contributed by atoms with E-state index < -0.39 is 0 Å². The van der Waals surface area contributed by atoms with Crippen LogP contribution < -0.4 is 11.5 Å². The van der Waals surface area contributed by atoms with Gasteiger partial charge in [-0.05, 0) is 73.5 Å². The zero-order chi connectivity index (χ0) is 17.2. The quantitative estimate of drug-likeness (QED) is 0.585. The summed E-state index contributed by atoms with van der Waals surface area (Å²) in [5, 5.41) is 2.56. The van der Waals surface area contributed by atoms with Gasteiger partial charge in [-0.3, -0.25) is 0 Å². The minimum atomic E-state index is 0.668. The fourth-order valence-electron chi connectivity index (χ4n) is 3.62. The molecule has 3 heteroatoms. The first-order valence-corrected chi connectivity index (χ1v) is 8.83. The van der Waals surface area contributed by atoms with Gasteiger partial charge in [0, 0.05) is 16.5 Å². The number of hydrogen-bond donors (Lipinski definition) is 2. The Morgan fingerprint density at radius 2 is 1.16 bits per heavy atom. The minimum absolute atomic E-state index is 0.668. The number of hydrogen-bond acceptors (Lipinski definition) is 2. The molecule has 0 aliphatic rings. The molecule has 0 aliphatic heterocycles. The third-order valence-electron chi connectivity index (χ3n) is 4.77. The molecule has 0 fully saturated rings. The van der Waals surface area contributed by atoms with Gasteiger partial charge >= 0.3 is 0 Å². The van der Waals surface area contributed by atoms with Crippen LogP contribution in [0.15, 0.2) is 66.7 Å². The Hall–Kier alpha value is -2.62. The Kier molecular flexibility index (Phi) is 4.26. The van der Waals surface area contributed by atoms with E-state index in [1.165, 1.54) is 38.6 Å². The zero-order valence-corrected chi connectivity index (χ0v) is 14.3. The van der Waals surface area contributed by atoms with Crippen LogP contribution in [0, 0.1) is 0 Å². The molecule has 0 bridgehead atoms. The fraction of sp³-hybridized carbons (Fsp3) is 0.182. The van der Waals surface area contributed by atoms with Crippen molar-refractivity contribution in [2.45, 2.75) is 12.8 Å². The highest BCUT2D eigenvalue weighted by Gasteiger charge is 2.13. The number of para-hydroxylation sites is 1. The predicted octanol–water partition coefficient (Wildman–Crippen LogP) is 3.79. The third kappa shape index (κ3) is 2.82. The van der Waals surface area contributed by atoms with E-state index in [9.17, 15) is 0 Å². The lowest BCUT2D eigenvalue weighted by Gasteiger charge is -2.08. The topological polar surface area (TPSA) is 57.0 Å². The van der Waals surface area contributed by atoms with Crippen LogP contribution in [-0.4, -0.2) is 17.7 Å². The lowest BCUT2D eigenvalue weighted by molar-refractivity contribution is 0.970. The van der Waals surface area contributed by atoms with Gasteiger partial charge in [0.25, 0.3) is 0 Å². The number of benzene rings is 3. The minimum Gasteiger partial charge on any atom is -0.330 e. The molecular weight excluding hydrogens is 306 g/mol. The average Bonchev–Trinajstić information content (AvgIpc) is 2.96. The summed E-state index contributed by atoms with van der Waals surface area (Å²) < 4.78 is 2.34. The van der Waals surface area contributed by atoms with E-state index in [0.717, 1.165) is 12.8 Å². The van der Waals surface area contributed by atoms with E-state index in [1.807, 2.05) is 0 Å². The summed E-state index contributed by atoms with van der Waals surface area (Å²) >= 11 is 0. The first-order valence-electron chi connectivity index (χ1n) is 8.83. The highest BCUT2D eigenvalue weighted by molar-refractivity contribution is 6.09. The molecule has 3 nitrogen and oxygen atoms in total. The maximum absolute atomic E-state index is 5.76. The summed E-state index contributed by atoms with van der Waals surface area (Å²) in [7, 11) is 0. The van der Waals surface area contributed by atoms with E-state index in [-0.39, 0.29) is 0 Å². The molecule has 4 N–H and O–H groups in total. The molecule has 4 aromatic rings. The molecule has 0 aliphatic carbocycles. The number of aromatic nitrogens is 1. The standard InChI is InChI=1S/C22H23N3/c23-12-10-16-6-8-21-19(14-16)20-15-17(11-13-24)7-9-22(20)25(21)18-4-2-1-3-5-18/h1-9,14-15H,10-13,23-24H2. The largest absolute Gasteiger partial charge is 0.330 e. The second-order valence-corrected chi connectivity index (χ2v) is 6.45. The first kappa shape index (κ1) is 15.9.